The van der Waals surface area contributed by atoms with Gasteiger partial charge in [-0.3, -0.25) is 4.79 Å². The number of halogens is 3. The number of esters is 1. The van der Waals surface area contributed by atoms with Gasteiger partial charge in [-0.2, -0.15) is 13.2 Å². The van der Waals surface area contributed by atoms with Crippen LogP contribution in [0.1, 0.15) is 18.1 Å². The quantitative estimate of drug-likeness (QED) is 0.334. The largest absolute Gasteiger partial charge is 0.462 e. The molecule has 0 aliphatic carbocycles. The number of allylic oxidation sites excluding steroid dienone is 1. The molecule has 0 atom stereocenters. The summed E-state index contributed by atoms with van der Waals surface area (Å²) in [7, 11) is 0. The zero-order chi connectivity index (χ0) is 22.6. The van der Waals surface area contributed by atoms with Crippen LogP contribution in [-0.2, 0) is 25.2 Å². The highest BCUT2D eigenvalue weighted by Crippen LogP contribution is 2.34. The van der Waals surface area contributed by atoms with E-state index >= 15 is 0 Å². The summed E-state index contributed by atoms with van der Waals surface area (Å²) < 4.78 is 49.7. The summed E-state index contributed by atoms with van der Waals surface area (Å²) in [5, 5.41) is 0. The SMILES string of the molecule is CCOC(=O)/C(C(N)=O)=C1\OC(c2ccccc2)=CC1=Nc1cccc(C(F)(F)F)c1. The first-order chi connectivity index (χ1) is 14.7. The van der Waals surface area contributed by atoms with Crippen LogP contribution in [0.5, 0.6) is 0 Å². The second-order valence-corrected chi connectivity index (χ2v) is 6.31. The minimum absolute atomic E-state index is 0.0258. The van der Waals surface area contributed by atoms with E-state index in [1.807, 2.05) is 0 Å². The maximum absolute atomic E-state index is 13.0. The van der Waals surface area contributed by atoms with Crippen molar-refractivity contribution < 1.29 is 32.2 Å². The lowest BCUT2D eigenvalue weighted by Gasteiger charge is -2.10. The number of aliphatic imine (C=N–C) groups is 1. The highest BCUT2D eigenvalue weighted by Gasteiger charge is 2.33. The van der Waals surface area contributed by atoms with E-state index in [0.29, 0.717) is 5.56 Å². The smallest absolute Gasteiger partial charge is 0.416 e. The Morgan fingerprint density at radius 2 is 1.81 bits per heavy atom. The molecule has 1 heterocycles. The molecule has 0 spiro atoms. The molecule has 0 unspecified atom stereocenters. The molecule has 3 rings (SSSR count). The molecule has 1 aliphatic heterocycles. The summed E-state index contributed by atoms with van der Waals surface area (Å²) in [5.41, 5.74) is 4.38. The van der Waals surface area contributed by atoms with Gasteiger partial charge in [0.2, 0.25) is 0 Å². The zero-order valence-electron chi connectivity index (χ0n) is 16.3. The summed E-state index contributed by atoms with van der Waals surface area (Å²) in [6.45, 7) is 1.52. The Bertz CT molecular complexity index is 1100. The number of rotatable bonds is 5. The minimum Gasteiger partial charge on any atom is -0.462 e. The molecule has 0 saturated heterocycles. The monoisotopic (exact) mass is 430 g/mol. The van der Waals surface area contributed by atoms with Gasteiger partial charge in [-0.25, -0.2) is 9.79 Å². The Hall–Kier alpha value is -3.88. The molecule has 0 fully saturated rings. The number of ether oxygens (including phenoxy) is 2. The first-order valence-electron chi connectivity index (χ1n) is 9.13. The second kappa shape index (κ2) is 8.86. The van der Waals surface area contributed by atoms with E-state index in [1.54, 1.807) is 37.3 Å². The van der Waals surface area contributed by atoms with E-state index in [9.17, 15) is 22.8 Å². The first-order valence-corrected chi connectivity index (χ1v) is 9.13. The molecular weight excluding hydrogens is 413 g/mol. The fourth-order valence-corrected chi connectivity index (χ4v) is 2.79. The molecule has 2 aromatic rings. The van der Waals surface area contributed by atoms with E-state index in [2.05, 4.69) is 4.99 Å². The second-order valence-electron chi connectivity index (χ2n) is 6.31. The minimum atomic E-state index is -4.56. The van der Waals surface area contributed by atoms with Crippen molar-refractivity contribution in [2.24, 2.45) is 10.7 Å². The number of benzene rings is 2. The molecule has 0 saturated carbocycles. The van der Waals surface area contributed by atoms with Crippen LogP contribution in [-0.4, -0.2) is 24.2 Å². The number of carbonyl (C=O) groups excluding carboxylic acids is 2. The van der Waals surface area contributed by atoms with Gasteiger partial charge >= 0.3 is 12.1 Å². The van der Waals surface area contributed by atoms with Gasteiger partial charge in [0, 0.05) is 11.6 Å². The van der Waals surface area contributed by atoms with Crippen LogP contribution < -0.4 is 5.73 Å². The summed E-state index contributed by atoms with van der Waals surface area (Å²) in [6.07, 6.45) is -3.15. The van der Waals surface area contributed by atoms with E-state index in [-0.39, 0.29) is 29.5 Å². The average Bonchev–Trinajstić information content (AvgIpc) is 3.11. The third kappa shape index (κ3) is 5.00. The molecule has 1 aliphatic rings. The molecule has 2 aromatic carbocycles. The van der Waals surface area contributed by atoms with Gasteiger partial charge in [-0.1, -0.05) is 36.4 Å². The molecular formula is C22H17F3N2O4. The lowest BCUT2D eigenvalue weighted by molar-refractivity contribution is -0.140. The normalized spacial score (nSPS) is 16.5. The maximum Gasteiger partial charge on any atom is 0.416 e. The van der Waals surface area contributed by atoms with Gasteiger partial charge in [0.25, 0.3) is 5.91 Å². The van der Waals surface area contributed by atoms with Crippen molar-refractivity contribution in [3.05, 3.63) is 83.1 Å². The summed E-state index contributed by atoms with van der Waals surface area (Å²) in [5.74, 6) is -2.19. The number of amides is 1. The van der Waals surface area contributed by atoms with Crippen LogP contribution in [0.25, 0.3) is 5.76 Å². The van der Waals surface area contributed by atoms with Crippen LogP contribution in [0.2, 0.25) is 0 Å². The predicted octanol–water partition coefficient (Wildman–Crippen LogP) is 4.15. The van der Waals surface area contributed by atoms with Crippen molar-refractivity contribution >= 4 is 29.0 Å². The number of carbonyl (C=O) groups is 2. The van der Waals surface area contributed by atoms with E-state index in [1.165, 1.54) is 18.2 Å². The highest BCUT2D eigenvalue weighted by atomic mass is 19.4. The molecule has 0 radical (unpaired) electrons. The third-order valence-corrected chi connectivity index (χ3v) is 4.15. The predicted molar refractivity (Wildman–Crippen MR) is 107 cm³/mol. The molecule has 6 nitrogen and oxygen atoms in total. The maximum atomic E-state index is 13.0. The topological polar surface area (TPSA) is 91.0 Å². The molecule has 1 amide bonds. The summed E-state index contributed by atoms with van der Waals surface area (Å²) in [6, 6.07) is 13.0. The molecule has 160 valence electrons. The van der Waals surface area contributed by atoms with Crippen LogP contribution in [0, 0.1) is 0 Å². The first kappa shape index (κ1) is 21.8. The van der Waals surface area contributed by atoms with Crippen molar-refractivity contribution in [2.75, 3.05) is 6.61 Å². The Morgan fingerprint density at radius 1 is 1.10 bits per heavy atom. The van der Waals surface area contributed by atoms with Crippen LogP contribution >= 0.6 is 0 Å². The molecule has 0 aromatic heterocycles. The lowest BCUT2D eigenvalue weighted by Crippen LogP contribution is -2.26. The van der Waals surface area contributed by atoms with Gasteiger partial charge in [-0.05, 0) is 25.1 Å². The van der Waals surface area contributed by atoms with E-state index in [4.69, 9.17) is 15.2 Å². The van der Waals surface area contributed by atoms with Gasteiger partial charge in [0.1, 0.15) is 11.5 Å². The van der Waals surface area contributed by atoms with Crippen LogP contribution in [0.4, 0.5) is 18.9 Å². The Kier molecular flexibility index (Phi) is 6.24. The summed E-state index contributed by atoms with van der Waals surface area (Å²) in [4.78, 5) is 28.5. The Morgan fingerprint density at radius 3 is 2.42 bits per heavy atom. The number of primary amides is 1. The fraction of sp³-hybridized carbons (Fsp3) is 0.136. The van der Waals surface area contributed by atoms with Gasteiger partial charge in [-0.15, -0.1) is 0 Å². The average molecular weight is 430 g/mol. The van der Waals surface area contributed by atoms with E-state index < -0.39 is 29.2 Å². The Labute approximate surface area is 175 Å². The van der Waals surface area contributed by atoms with Crippen molar-refractivity contribution in [2.45, 2.75) is 13.1 Å². The van der Waals surface area contributed by atoms with Crippen molar-refractivity contribution in [3.8, 4) is 0 Å². The number of nitrogens with zero attached hydrogens (tertiary/aromatic N) is 1. The lowest BCUT2D eigenvalue weighted by atomic mass is 10.1. The van der Waals surface area contributed by atoms with Crippen LogP contribution in [0.3, 0.4) is 0 Å². The van der Waals surface area contributed by atoms with Gasteiger partial charge in [0.15, 0.2) is 11.3 Å². The number of hydrogen-bond acceptors (Lipinski definition) is 5. The van der Waals surface area contributed by atoms with Gasteiger partial charge in [0.05, 0.1) is 17.9 Å². The molecule has 9 heteroatoms. The van der Waals surface area contributed by atoms with Crippen molar-refractivity contribution in [1.29, 1.82) is 0 Å². The van der Waals surface area contributed by atoms with Crippen LogP contribution in [0.15, 0.2) is 77.0 Å². The Balaban J connectivity index is 2.17. The fourth-order valence-electron chi connectivity index (χ4n) is 2.79. The molecule has 0 bridgehead atoms. The van der Waals surface area contributed by atoms with Crippen molar-refractivity contribution in [1.82, 2.24) is 0 Å². The zero-order valence-corrected chi connectivity index (χ0v) is 16.3. The standard InChI is InChI=1S/C22H17F3N2O4/c1-2-30-21(29)18(20(26)28)19-16(12-17(31-19)13-7-4-3-5-8-13)27-15-10-6-9-14(11-15)22(23,24)25/h3-12H,2H2,1H3,(H2,26,28)/b19-18-,27-16?. The molecule has 31 heavy (non-hydrogen) atoms. The van der Waals surface area contributed by atoms with Crippen molar-refractivity contribution in [3.63, 3.8) is 0 Å². The van der Waals surface area contributed by atoms with E-state index in [0.717, 1.165) is 12.1 Å². The number of nitrogens with two attached hydrogens (primary N) is 1. The third-order valence-electron chi connectivity index (χ3n) is 4.15. The summed E-state index contributed by atoms with van der Waals surface area (Å²) >= 11 is 0. The number of hydrogen-bond donors (Lipinski definition) is 1. The molecule has 2 N–H and O–H groups in total. The highest BCUT2D eigenvalue weighted by molar-refractivity contribution is 6.26. The van der Waals surface area contributed by atoms with Gasteiger partial charge < -0.3 is 15.2 Å². The number of alkyl halides is 3.